The number of rotatable bonds is 7. The zero-order chi connectivity index (χ0) is 21.6. The molecule has 3 unspecified atom stereocenters. The van der Waals surface area contributed by atoms with Gasteiger partial charge in [0.1, 0.15) is 0 Å². The van der Waals surface area contributed by atoms with Crippen LogP contribution in [-0.4, -0.2) is 60.6 Å². The summed E-state index contributed by atoms with van der Waals surface area (Å²) < 4.78 is 0. The van der Waals surface area contributed by atoms with Crippen molar-refractivity contribution in [2.45, 2.75) is 89.8 Å². The van der Waals surface area contributed by atoms with Gasteiger partial charge in [-0.3, -0.25) is 0 Å². The Hall–Kier alpha value is -0.200. The van der Waals surface area contributed by atoms with Gasteiger partial charge in [-0.15, -0.1) is 0 Å². The van der Waals surface area contributed by atoms with E-state index < -0.39 is 5.60 Å². The summed E-state index contributed by atoms with van der Waals surface area (Å²) in [4.78, 5) is 7.91. The molecule has 0 saturated heterocycles. The van der Waals surface area contributed by atoms with E-state index in [2.05, 4.69) is 38.3 Å². The van der Waals surface area contributed by atoms with E-state index in [1.807, 2.05) is 0 Å². The van der Waals surface area contributed by atoms with E-state index in [1.54, 1.807) is 0 Å². The fourth-order valence-electron chi connectivity index (χ4n) is 8.33. The molecule has 0 aromatic heterocycles. The molecule has 4 fully saturated rings. The first-order valence-electron chi connectivity index (χ1n) is 12.6. The molecule has 5 nitrogen and oxygen atoms in total. The second kappa shape index (κ2) is 8.62. The van der Waals surface area contributed by atoms with Gasteiger partial charge < -0.3 is 20.0 Å². The number of aliphatic hydroxyl groups excluding tert-OH is 1. The van der Waals surface area contributed by atoms with Crippen LogP contribution in [0.5, 0.6) is 0 Å². The number of nitrogens with one attached hydrogen (secondary N) is 1. The molecule has 4 rings (SSSR count). The summed E-state index contributed by atoms with van der Waals surface area (Å²) in [6, 6.07) is 0. The smallest absolute Gasteiger partial charge is 0.0735 e. The van der Waals surface area contributed by atoms with E-state index in [0.717, 1.165) is 71.1 Å². The average Bonchev–Trinajstić information content (AvgIpc) is 2.96. The van der Waals surface area contributed by atoms with E-state index in [0.29, 0.717) is 29.1 Å². The summed E-state index contributed by atoms with van der Waals surface area (Å²) in [5.74, 6) is 2.18. The lowest BCUT2D eigenvalue weighted by Gasteiger charge is -2.63. The largest absolute Gasteiger partial charge is 0.393 e. The van der Waals surface area contributed by atoms with Crippen molar-refractivity contribution in [2.75, 3.05) is 33.8 Å². The third-order valence-electron chi connectivity index (χ3n) is 10.3. The van der Waals surface area contributed by atoms with Gasteiger partial charge in [0.2, 0.25) is 0 Å². The Morgan fingerprint density at radius 1 is 1.00 bits per heavy atom. The SMILES string of the molecule is CN(C)CCCONCC1CC[C@@]2(O)[C@@H]3CCC4CC(O)CC[C@]4(C)[C@@H]3CC[C@]12C. The molecule has 3 N–H and O–H groups in total. The minimum atomic E-state index is -0.531. The number of hydrogen-bond acceptors (Lipinski definition) is 5. The maximum absolute atomic E-state index is 12.2. The van der Waals surface area contributed by atoms with Crippen LogP contribution < -0.4 is 5.48 Å². The molecule has 174 valence electrons. The first-order chi connectivity index (χ1) is 14.2. The first kappa shape index (κ1) is 23.0. The molecule has 0 amide bonds. The summed E-state index contributed by atoms with van der Waals surface area (Å²) in [7, 11) is 4.18. The Morgan fingerprint density at radius 3 is 2.57 bits per heavy atom. The van der Waals surface area contributed by atoms with Crippen LogP contribution in [0, 0.1) is 34.5 Å². The number of nitrogens with zero attached hydrogens (tertiary/aromatic N) is 1. The Labute approximate surface area is 183 Å². The summed E-state index contributed by atoms with van der Waals surface area (Å²) >= 11 is 0. The molecular weight excluding hydrogens is 376 g/mol. The van der Waals surface area contributed by atoms with Crippen LogP contribution in [-0.2, 0) is 4.84 Å². The summed E-state index contributed by atoms with van der Waals surface area (Å²) in [5.41, 5.74) is 3.02. The molecule has 0 heterocycles. The molecule has 30 heavy (non-hydrogen) atoms. The number of fused-ring (bicyclic) bond motifs is 5. The molecule has 0 aromatic carbocycles. The maximum Gasteiger partial charge on any atom is 0.0735 e. The van der Waals surface area contributed by atoms with Gasteiger partial charge in [-0.05, 0) is 114 Å². The van der Waals surface area contributed by atoms with Gasteiger partial charge in [0, 0.05) is 12.0 Å². The third kappa shape index (κ3) is 3.77. The molecule has 0 aromatic rings. The second-order valence-electron chi connectivity index (χ2n) is 11.9. The minimum absolute atomic E-state index is 0.00839. The quantitative estimate of drug-likeness (QED) is 0.432. The van der Waals surface area contributed by atoms with Crippen molar-refractivity contribution in [1.29, 1.82) is 0 Å². The van der Waals surface area contributed by atoms with Gasteiger partial charge in [0.25, 0.3) is 0 Å². The van der Waals surface area contributed by atoms with Crippen LogP contribution in [0.1, 0.15) is 78.1 Å². The van der Waals surface area contributed by atoms with Crippen LogP contribution in [0.4, 0.5) is 0 Å². The fourth-order valence-corrected chi connectivity index (χ4v) is 8.33. The first-order valence-corrected chi connectivity index (χ1v) is 12.6. The standard InChI is InChI=1S/C25H46N2O3/c1-23-11-9-20(28)16-18(23)6-7-22-21(23)10-12-24(2)19(8-13-25(22,24)29)17-26-30-15-5-14-27(3)4/h18-22,26,28-29H,5-17H2,1-4H3/t18?,19?,20?,21-,22-,23+,24-,25-/m1/s1. The lowest BCUT2D eigenvalue weighted by molar-refractivity contribution is -0.211. The Bertz CT molecular complexity index is 601. The minimum Gasteiger partial charge on any atom is -0.393 e. The van der Waals surface area contributed by atoms with Crippen LogP contribution in [0.3, 0.4) is 0 Å². The molecule has 0 radical (unpaired) electrons. The van der Waals surface area contributed by atoms with E-state index in [1.165, 1.54) is 12.8 Å². The predicted molar refractivity (Wildman–Crippen MR) is 120 cm³/mol. The van der Waals surface area contributed by atoms with E-state index in [9.17, 15) is 10.2 Å². The molecule has 0 spiro atoms. The molecule has 0 aliphatic heterocycles. The summed E-state index contributed by atoms with van der Waals surface area (Å²) in [6.45, 7) is 7.49. The normalized spacial score (nSPS) is 48.3. The van der Waals surface area contributed by atoms with Crippen molar-refractivity contribution in [3.05, 3.63) is 0 Å². The Balaban J connectivity index is 1.39. The number of hydrogen-bond donors (Lipinski definition) is 3. The van der Waals surface area contributed by atoms with E-state index >= 15 is 0 Å². The second-order valence-corrected chi connectivity index (χ2v) is 11.9. The highest BCUT2D eigenvalue weighted by Crippen LogP contribution is 2.68. The van der Waals surface area contributed by atoms with Gasteiger partial charge in [0.15, 0.2) is 0 Å². The van der Waals surface area contributed by atoms with Gasteiger partial charge >= 0.3 is 0 Å². The molecule has 8 atom stereocenters. The lowest BCUT2D eigenvalue weighted by Crippen LogP contribution is -2.62. The number of hydroxylamine groups is 1. The molecule has 0 bridgehead atoms. The predicted octanol–water partition coefficient (Wildman–Crippen LogP) is 3.59. The topological polar surface area (TPSA) is 65.0 Å². The summed E-state index contributed by atoms with van der Waals surface area (Å²) in [5, 5.41) is 22.4. The van der Waals surface area contributed by atoms with Crippen LogP contribution in [0.15, 0.2) is 0 Å². The van der Waals surface area contributed by atoms with Crippen molar-refractivity contribution in [1.82, 2.24) is 10.4 Å². The Kier molecular flexibility index (Phi) is 6.61. The highest BCUT2D eigenvalue weighted by molar-refractivity contribution is 5.16. The molecule has 4 saturated carbocycles. The van der Waals surface area contributed by atoms with Gasteiger partial charge in [0.05, 0.1) is 18.3 Å². The number of aliphatic hydroxyl groups is 2. The van der Waals surface area contributed by atoms with Crippen molar-refractivity contribution >= 4 is 0 Å². The lowest BCUT2D eigenvalue weighted by atomic mass is 9.43. The highest BCUT2D eigenvalue weighted by atomic mass is 16.6. The molecule has 5 heteroatoms. The zero-order valence-corrected chi connectivity index (χ0v) is 19.8. The average molecular weight is 423 g/mol. The Morgan fingerprint density at radius 2 is 1.80 bits per heavy atom. The van der Waals surface area contributed by atoms with Crippen LogP contribution >= 0.6 is 0 Å². The molecular formula is C25H46N2O3. The van der Waals surface area contributed by atoms with E-state index in [-0.39, 0.29) is 11.5 Å². The highest BCUT2D eigenvalue weighted by Gasteiger charge is 2.66. The van der Waals surface area contributed by atoms with Crippen LogP contribution in [0.2, 0.25) is 0 Å². The fraction of sp³-hybridized carbons (Fsp3) is 1.00. The van der Waals surface area contributed by atoms with Gasteiger partial charge in [-0.2, -0.15) is 0 Å². The van der Waals surface area contributed by atoms with Crippen molar-refractivity contribution in [3.63, 3.8) is 0 Å². The molecule has 4 aliphatic carbocycles. The van der Waals surface area contributed by atoms with E-state index in [4.69, 9.17) is 4.84 Å². The van der Waals surface area contributed by atoms with Gasteiger partial charge in [-0.25, -0.2) is 5.48 Å². The van der Waals surface area contributed by atoms with Crippen molar-refractivity contribution in [3.8, 4) is 0 Å². The van der Waals surface area contributed by atoms with Crippen molar-refractivity contribution < 1.29 is 15.1 Å². The monoisotopic (exact) mass is 422 g/mol. The van der Waals surface area contributed by atoms with Crippen LogP contribution in [0.25, 0.3) is 0 Å². The zero-order valence-electron chi connectivity index (χ0n) is 19.8. The molecule has 4 aliphatic rings. The van der Waals surface area contributed by atoms with Crippen molar-refractivity contribution in [2.24, 2.45) is 34.5 Å². The summed E-state index contributed by atoms with van der Waals surface area (Å²) in [6.07, 6.45) is 10.7. The third-order valence-corrected chi connectivity index (χ3v) is 10.3. The maximum atomic E-state index is 12.2. The van der Waals surface area contributed by atoms with Gasteiger partial charge in [-0.1, -0.05) is 13.8 Å².